The molecule has 0 bridgehead atoms. The van der Waals surface area contributed by atoms with Crippen molar-refractivity contribution in [1.82, 2.24) is 4.90 Å². The monoisotopic (exact) mass is 266 g/mol. The van der Waals surface area contributed by atoms with Crippen LogP contribution in [0, 0.1) is 18.3 Å². The number of rotatable bonds is 2. The molecule has 0 heterocycles. The van der Waals surface area contributed by atoms with Gasteiger partial charge >= 0.3 is 0 Å². The van der Waals surface area contributed by atoms with Crippen LogP contribution in [0.25, 0.3) is 0 Å². The standard InChI is InChI=1S/C11H11BrN2O/c1-8-3-4-9(7-10(8)12)11(15)14(2)6-5-13/h3-4,7H,6H2,1-2H3. The molecule has 4 heteroatoms. The predicted molar refractivity (Wildman–Crippen MR) is 61.5 cm³/mol. The van der Waals surface area contributed by atoms with Crippen molar-refractivity contribution in [2.24, 2.45) is 0 Å². The Morgan fingerprint density at radius 3 is 2.80 bits per heavy atom. The van der Waals surface area contributed by atoms with Gasteiger partial charge in [0.2, 0.25) is 0 Å². The van der Waals surface area contributed by atoms with Crippen LogP contribution in [-0.4, -0.2) is 24.4 Å². The van der Waals surface area contributed by atoms with E-state index in [4.69, 9.17) is 5.26 Å². The first-order chi connectivity index (χ1) is 7.06. The zero-order chi connectivity index (χ0) is 11.4. The average molecular weight is 267 g/mol. The van der Waals surface area contributed by atoms with Crippen molar-refractivity contribution in [3.05, 3.63) is 33.8 Å². The SMILES string of the molecule is Cc1ccc(C(=O)N(C)CC#N)cc1Br. The molecule has 0 radical (unpaired) electrons. The molecule has 1 rings (SSSR count). The summed E-state index contributed by atoms with van der Waals surface area (Å²) >= 11 is 3.37. The van der Waals surface area contributed by atoms with Gasteiger partial charge in [0.05, 0.1) is 6.07 Å². The van der Waals surface area contributed by atoms with Crippen LogP contribution in [0.3, 0.4) is 0 Å². The molecule has 0 saturated carbocycles. The Morgan fingerprint density at radius 2 is 2.27 bits per heavy atom. The van der Waals surface area contributed by atoms with Gasteiger partial charge in [-0.2, -0.15) is 5.26 Å². The predicted octanol–water partition coefficient (Wildman–Crippen LogP) is 2.35. The first-order valence-corrected chi connectivity index (χ1v) is 5.24. The summed E-state index contributed by atoms with van der Waals surface area (Å²) in [6, 6.07) is 7.34. The lowest BCUT2D eigenvalue weighted by molar-refractivity contribution is 0.0812. The summed E-state index contributed by atoms with van der Waals surface area (Å²) in [7, 11) is 1.61. The molecular formula is C11H11BrN2O. The van der Waals surface area contributed by atoms with Crippen LogP contribution >= 0.6 is 15.9 Å². The summed E-state index contributed by atoms with van der Waals surface area (Å²) in [5.74, 6) is -0.141. The highest BCUT2D eigenvalue weighted by Gasteiger charge is 2.11. The van der Waals surface area contributed by atoms with Crippen LogP contribution in [-0.2, 0) is 0 Å². The van der Waals surface area contributed by atoms with Crippen LogP contribution < -0.4 is 0 Å². The first kappa shape index (κ1) is 11.7. The highest BCUT2D eigenvalue weighted by atomic mass is 79.9. The molecule has 0 fully saturated rings. The van der Waals surface area contributed by atoms with Crippen molar-refractivity contribution in [3.63, 3.8) is 0 Å². The van der Waals surface area contributed by atoms with Gasteiger partial charge < -0.3 is 4.90 Å². The number of halogens is 1. The van der Waals surface area contributed by atoms with Crippen molar-refractivity contribution >= 4 is 21.8 Å². The van der Waals surface area contributed by atoms with Gasteiger partial charge in [0.25, 0.3) is 5.91 Å². The van der Waals surface area contributed by atoms with Crippen molar-refractivity contribution in [2.45, 2.75) is 6.92 Å². The zero-order valence-electron chi connectivity index (χ0n) is 8.62. The average Bonchev–Trinajstić information content (AvgIpc) is 2.21. The van der Waals surface area contributed by atoms with Gasteiger partial charge in [-0.3, -0.25) is 4.79 Å². The summed E-state index contributed by atoms with van der Waals surface area (Å²) in [5, 5.41) is 8.48. The summed E-state index contributed by atoms with van der Waals surface area (Å²) in [6.07, 6.45) is 0. The molecular weight excluding hydrogens is 256 g/mol. The number of amides is 1. The fourth-order valence-corrected chi connectivity index (χ4v) is 1.50. The minimum Gasteiger partial charge on any atom is -0.328 e. The molecule has 0 aliphatic carbocycles. The largest absolute Gasteiger partial charge is 0.328 e. The van der Waals surface area contributed by atoms with Crippen molar-refractivity contribution in [1.29, 1.82) is 5.26 Å². The van der Waals surface area contributed by atoms with E-state index in [0.717, 1.165) is 10.0 Å². The maximum atomic E-state index is 11.8. The number of carbonyl (C=O) groups excluding carboxylic acids is 1. The van der Waals surface area contributed by atoms with E-state index in [0.29, 0.717) is 5.56 Å². The number of aryl methyl sites for hydroxylation is 1. The molecule has 0 spiro atoms. The number of hydrogen-bond acceptors (Lipinski definition) is 2. The van der Waals surface area contributed by atoms with Gasteiger partial charge in [0.15, 0.2) is 0 Å². The Labute approximate surface area is 97.4 Å². The molecule has 0 aromatic heterocycles. The summed E-state index contributed by atoms with van der Waals surface area (Å²) < 4.78 is 0.902. The molecule has 15 heavy (non-hydrogen) atoms. The van der Waals surface area contributed by atoms with E-state index in [1.165, 1.54) is 4.90 Å². The Balaban J connectivity index is 2.93. The quantitative estimate of drug-likeness (QED) is 0.772. The summed E-state index contributed by atoms with van der Waals surface area (Å²) in [4.78, 5) is 13.1. The van der Waals surface area contributed by atoms with Crippen LogP contribution in [0.15, 0.2) is 22.7 Å². The van der Waals surface area contributed by atoms with E-state index in [1.54, 1.807) is 19.2 Å². The van der Waals surface area contributed by atoms with Crippen molar-refractivity contribution in [3.8, 4) is 6.07 Å². The van der Waals surface area contributed by atoms with E-state index >= 15 is 0 Å². The lowest BCUT2D eigenvalue weighted by atomic mass is 10.1. The van der Waals surface area contributed by atoms with Gasteiger partial charge in [-0.05, 0) is 24.6 Å². The second-order valence-electron chi connectivity index (χ2n) is 3.28. The molecule has 78 valence electrons. The number of nitriles is 1. The third-order valence-electron chi connectivity index (χ3n) is 2.07. The number of benzene rings is 1. The molecule has 0 aliphatic heterocycles. The van der Waals surface area contributed by atoms with Gasteiger partial charge in [-0.15, -0.1) is 0 Å². The number of nitrogens with zero attached hydrogens (tertiary/aromatic N) is 2. The summed E-state index contributed by atoms with van der Waals surface area (Å²) in [6.45, 7) is 2.06. The second kappa shape index (κ2) is 4.94. The van der Waals surface area contributed by atoms with E-state index in [9.17, 15) is 4.79 Å². The van der Waals surface area contributed by atoms with Gasteiger partial charge in [-0.1, -0.05) is 22.0 Å². The fraction of sp³-hybridized carbons (Fsp3) is 0.273. The maximum Gasteiger partial charge on any atom is 0.254 e. The van der Waals surface area contributed by atoms with Crippen LogP contribution in [0.4, 0.5) is 0 Å². The molecule has 3 nitrogen and oxygen atoms in total. The lowest BCUT2D eigenvalue weighted by Crippen LogP contribution is -2.26. The zero-order valence-corrected chi connectivity index (χ0v) is 10.2. The highest BCUT2D eigenvalue weighted by Crippen LogP contribution is 2.18. The fourth-order valence-electron chi connectivity index (χ4n) is 1.12. The summed E-state index contributed by atoms with van der Waals surface area (Å²) in [5.41, 5.74) is 1.67. The smallest absolute Gasteiger partial charge is 0.254 e. The molecule has 0 aliphatic rings. The van der Waals surface area contributed by atoms with Gasteiger partial charge in [0.1, 0.15) is 6.54 Å². The van der Waals surface area contributed by atoms with Gasteiger partial charge in [0, 0.05) is 17.1 Å². The van der Waals surface area contributed by atoms with E-state index in [-0.39, 0.29) is 12.5 Å². The molecule has 1 aromatic carbocycles. The Kier molecular flexibility index (Phi) is 3.87. The van der Waals surface area contributed by atoms with Crippen molar-refractivity contribution in [2.75, 3.05) is 13.6 Å². The molecule has 0 N–H and O–H groups in total. The molecule has 0 unspecified atom stereocenters. The van der Waals surface area contributed by atoms with Crippen LogP contribution in [0.5, 0.6) is 0 Å². The minimum absolute atomic E-state index is 0.102. The molecule has 0 saturated heterocycles. The first-order valence-electron chi connectivity index (χ1n) is 4.45. The third kappa shape index (κ3) is 2.80. The maximum absolute atomic E-state index is 11.8. The Hall–Kier alpha value is -1.34. The van der Waals surface area contributed by atoms with Gasteiger partial charge in [-0.25, -0.2) is 0 Å². The van der Waals surface area contributed by atoms with E-state index < -0.39 is 0 Å². The highest BCUT2D eigenvalue weighted by molar-refractivity contribution is 9.10. The number of carbonyl (C=O) groups is 1. The van der Waals surface area contributed by atoms with Crippen LogP contribution in [0.1, 0.15) is 15.9 Å². The molecule has 0 atom stereocenters. The normalized spacial score (nSPS) is 9.47. The lowest BCUT2D eigenvalue weighted by Gasteiger charge is -2.13. The minimum atomic E-state index is -0.141. The Bertz CT molecular complexity index is 423. The Morgan fingerprint density at radius 1 is 1.60 bits per heavy atom. The van der Waals surface area contributed by atoms with Crippen molar-refractivity contribution < 1.29 is 4.79 Å². The third-order valence-corrected chi connectivity index (χ3v) is 2.93. The van der Waals surface area contributed by atoms with E-state index in [1.807, 2.05) is 19.1 Å². The molecule has 1 aromatic rings. The van der Waals surface area contributed by atoms with E-state index in [2.05, 4.69) is 15.9 Å². The second-order valence-corrected chi connectivity index (χ2v) is 4.14. The topological polar surface area (TPSA) is 44.1 Å². The molecule has 1 amide bonds. The number of hydrogen-bond donors (Lipinski definition) is 0. The van der Waals surface area contributed by atoms with Crippen LogP contribution in [0.2, 0.25) is 0 Å².